The Kier molecular flexibility index (Phi) is 5.77. The molecule has 1 aliphatic heterocycles. The summed E-state index contributed by atoms with van der Waals surface area (Å²) < 4.78 is 0. The first kappa shape index (κ1) is 14.0. The van der Waals surface area contributed by atoms with Gasteiger partial charge in [-0.2, -0.15) is 0 Å². The first-order valence-corrected chi connectivity index (χ1v) is 7.02. The largest absolute Gasteiger partial charge is 0.314 e. The van der Waals surface area contributed by atoms with E-state index in [0.29, 0.717) is 0 Å². The predicted molar refractivity (Wildman–Crippen MR) is 71.7 cm³/mol. The van der Waals surface area contributed by atoms with E-state index in [2.05, 4.69) is 44.8 Å². The van der Waals surface area contributed by atoms with Crippen LogP contribution in [0.25, 0.3) is 0 Å². The van der Waals surface area contributed by atoms with Gasteiger partial charge in [-0.05, 0) is 44.7 Å². The third-order valence-corrected chi connectivity index (χ3v) is 4.10. The van der Waals surface area contributed by atoms with E-state index >= 15 is 0 Å². The molecule has 0 spiro atoms. The van der Waals surface area contributed by atoms with E-state index in [1.165, 1.54) is 32.5 Å². The molecule has 0 aromatic rings. The first-order chi connectivity index (χ1) is 7.54. The van der Waals surface area contributed by atoms with E-state index in [-0.39, 0.29) is 0 Å². The summed E-state index contributed by atoms with van der Waals surface area (Å²) in [6.45, 7) is 15.4. The van der Waals surface area contributed by atoms with E-state index in [0.717, 1.165) is 23.9 Å². The molecular formula is C14H30N2. The van der Waals surface area contributed by atoms with Crippen LogP contribution in [-0.4, -0.2) is 36.6 Å². The molecule has 1 N–H and O–H groups in total. The molecule has 2 heteroatoms. The smallest absolute Gasteiger partial charge is 0.00900 e. The van der Waals surface area contributed by atoms with Crippen molar-refractivity contribution in [3.8, 4) is 0 Å². The van der Waals surface area contributed by atoms with Crippen LogP contribution in [0.1, 0.15) is 47.5 Å². The molecule has 3 atom stereocenters. The fourth-order valence-corrected chi connectivity index (χ4v) is 2.49. The lowest BCUT2D eigenvalue weighted by molar-refractivity contribution is 0.125. The average molecular weight is 226 g/mol. The van der Waals surface area contributed by atoms with E-state index in [9.17, 15) is 0 Å². The third kappa shape index (κ3) is 4.06. The van der Waals surface area contributed by atoms with Crippen LogP contribution in [0.15, 0.2) is 0 Å². The summed E-state index contributed by atoms with van der Waals surface area (Å²) in [6.07, 6.45) is 2.57. The molecule has 1 rings (SSSR count). The minimum absolute atomic E-state index is 0.720. The Morgan fingerprint density at radius 3 is 2.56 bits per heavy atom. The van der Waals surface area contributed by atoms with Gasteiger partial charge in [0.05, 0.1) is 0 Å². The van der Waals surface area contributed by atoms with Gasteiger partial charge in [0.25, 0.3) is 0 Å². The van der Waals surface area contributed by atoms with Crippen LogP contribution in [0.5, 0.6) is 0 Å². The molecule has 2 nitrogen and oxygen atoms in total. The maximum Gasteiger partial charge on any atom is 0.00900 e. The zero-order valence-electron chi connectivity index (χ0n) is 11.8. The highest BCUT2D eigenvalue weighted by atomic mass is 15.2. The van der Waals surface area contributed by atoms with Gasteiger partial charge in [-0.3, -0.25) is 0 Å². The Labute approximate surface area is 102 Å². The van der Waals surface area contributed by atoms with Crippen molar-refractivity contribution in [3.05, 3.63) is 0 Å². The highest BCUT2D eigenvalue weighted by Gasteiger charge is 2.22. The molecule has 1 heterocycles. The Morgan fingerprint density at radius 1 is 1.31 bits per heavy atom. The maximum atomic E-state index is 3.68. The summed E-state index contributed by atoms with van der Waals surface area (Å²) >= 11 is 0. The van der Waals surface area contributed by atoms with Crippen LogP contribution < -0.4 is 5.32 Å². The lowest BCUT2D eigenvalue weighted by atomic mass is 9.99. The molecule has 1 fully saturated rings. The summed E-state index contributed by atoms with van der Waals surface area (Å²) in [4.78, 5) is 2.69. The highest BCUT2D eigenvalue weighted by Crippen LogP contribution is 2.16. The second kappa shape index (κ2) is 6.61. The van der Waals surface area contributed by atoms with E-state index in [4.69, 9.17) is 0 Å². The molecule has 0 radical (unpaired) electrons. The minimum Gasteiger partial charge on any atom is -0.314 e. The average Bonchev–Trinajstić information content (AvgIpc) is 2.23. The van der Waals surface area contributed by atoms with Crippen molar-refractivity contribution >= 4 is 0 Å². The quantitative estimate of drug-likeness (QED) is 0.796. The van der Waals surface area contributed by atoms with Crippen LogP contribution in [0.3, 0.4) is 0 Å². The zero-order valence-corrected chi connectivity index (χ0v) is 11.8. The molecule has 1 aliphatic rings. The zero-order chi connectivity index (χ0) is 12.1. The number of rotatable bonds is 3. The second-order valence-electron chi connectivity index (χ2n) is 5.89. The molecule has 0 aromatic heterocycles. The molecule has 16 heavy (non-hydrogen) atoms. The topological polar surface area (TPSA) is 15.3 Å². The van der Waals surface area contributed by atoms with Crippen LogP contribution >= 0.6 is 0 Å². The first-order valence-electron chi connectivity index (χ1n) is 7.02. The normalized spacial score (nSPS) is 31.1. The van der Waals surface area contributed by atoms with Gasteiger partial charge in [-0.15, -0.1) is 0 Å². The van der Waals surface area contributed by atoms with Gasteiger partial charge in [-0.1, -0.05) is 27.7 Å². The Morgan fingerprint density at radius 2 is 2.00 bits per heavy atom. The second-order valence-corrected chi connectivity index (χ2v) is 5.89. The standard InChI is InChI=1S/C14H30N2/c1-6-14-7-8-16(13(5)11(2)3)10-12(4)9-15-14/h11-15H,6-10H2,1-5H3. The van der Waals surface area contributed by atoms with E-state index in [1.54, 1.807) is 0 Å². The van der Waals surface area contributed by atoms with Gasteiger partial charge in [0.1, 0.15) is 0 Å². The summed E-state index contributed by atoms with van der Waals surface area (Å²) in [5.74, 6) is 1.54. The van der Waals surface area contributed by atoms with Crippen LogP contribution in [0, 0.1) is 11.8 Å². The van der Waals surface area contributed by atoms with Crippen molar-refractivity contribution in [1.82, 2.24) is 10.2 Å². The molecule has 0 saturated carbocycles. The van der Waals surface area contributed by atoms with E-state index in [1.807, 2.05) is 0 Å². The number of hydrogen-bond donors (Lipinski definition) is 1. The lowest BCUT2D eigenvalue weighted by Gasteiger charge is -2.37. The summed E-state index contributed by atoms with van der Waals surface area (Å²) in [7, 11) is 0. The van der Waals surface area contributed by atoms with Crippen molar-refractivity contribution in [1.29, 1.82) is 0 Å². The minimum atomic E-state index is 0.720. The Balaban J connectivity index is 2.55. The van der Waals surface area contributed by atoms with Gasteiger partial charge in [0, 0.05) is 18.6 Å². The van der Waals surface area contributed by atoms with E-state index < -0.39 is 0 Å². The number of nitrogens with zero attached hydrogens (tertiary/aromatic N) is 1. The van der Waals surface area contributed by atoms with Crippen molar-refractivity contribution < 1.29 is 0 Å². The van der Waals surface area contributed by atoms with Gasteiger partial charge in [0.2, 0.25) is 0 Å². The molecule has 3 unspecified atom stereocenters. The van der Waals surface area contributed by atoms with Gasteiger partial charge in [0.15, 0.2) is 0 Å². The molecule has 0 aromatic carbocycles. The SMILES string of the molecule is CCC1CCN(C(C)C(C)C)CC(C)CN1. The van der Waals surface area contributed by atoms with Crippen molar-refractivity contribution in [3.63, 3.8) is 0 Å². The summed E-state index contributed by atoms with van der Waals surface area (Å²) in [5, 5.41) is 3.68. The molecule has 0 bridgehead atoms. The molecule has 0 aliphatic carbocycles. The summed E-state index contributed by atoms with van der Waals surface area (Å²) in [6, 6.07) is 1.45. The fraction of sp³-hybridized carbons (Fsp3) is 1.00. The van der Waals surface area contributed by atoms with Crippen LogP contribution in [-0.2, 0) is 0 Å². The van der Waals surface area contributed by atoms with Crippen molar-refractivity contribution in [2.45, 2.75) is 59.5 Å². The maximum absolute atomic E-state index is 3.68. The highest BCUT2D eigenvalue weighted by molar-refractivity contribution is 4.79. The van der Waals surface area contributed by atoms with Crippen molar-refractivity contribution in [2.75, 3.05) is 19.6 Å². The molecule has 96 valence electrons. The summed E-state index contributed by atoms with van der Waals surface area (Å²) in [5.41, 5.74) is 0. The van der Waals surface area contributed by atoms with Crippen LogP contribution in [0.2, 0.25) is 0 Å². The number of nitrogens with one attached hydrogen (secondary N) is 1. The fourth-order valence-electron chi connectivity index (χ4n) is 2.49. The van der Waals surface area contributed by atoms with Crippen LogP contribution in [0.4, 0.5) is 0 Å². The van der Waals surface area contributed by atoms with Gasteiger partial charge in [-0.25, -0.2) is 0 Å². The Hall–Kier alpha value is -0.0800. The third-order valence-electron chi connectivity index (χ3n) is 4.10. The van der Waals surface area contributed by atoms with Gasteiger partial charge < -0.3 is 10.2 Å². The van der Waals surface area contributed by atoms with Crippen molar-refractivity contribution in [2.24, 2.45) is 11.8 Å². The lowest BCUT2D eigenvalue weighted by Crippen LogP contribution is -2.47. The van der Waals surface area contributed by atoms with Gasteiger partial charge >= 0.3 is 0 Å². The Bertz CT molecular complexity index is 191. The molecule has 1 saturated heterocycles. The monoisotopic (exact) mass is 226 g/mol. The molecule has 0 amide bonds. The number of hydrogen-bond acceptors (Lipinski definition) is 2. The predicted octanol–water partition coefficient (Wildman–Crippen LogP) is 2.74. The molecular weight excluding hydrogens is 196 g/mol.